The molecule has 0 aliphatic carbocycles. The molecule has 2 rings (SSSR count). The molecule has 1 N–H and O–H groups in total. The van der Waals surface area contributed by atoms with Crippen LogP contribution >= 0.6 is 11.6 Å². The molecule has 0 aliphatic heterocycles. The highest BCUT2D eigenvalue weighted by atomic mass is 35.5. The van der Waals surface area contributed by atoms with Gasteiger partial charge < -0.3 is 5.32 Å². The van der Waals surface area contributed by atoms with Crippen molar-refractivity contribution in [3.63, 3.8) is 0 Å². The Balaban J connectivity index is 2.31. The molecular weight excluding hydrogens is 287 g/mol. The van der Waals surface area contributed by atoms with Crippen molar-refractivity contribution in [2.24, 2.45) is 0 Å². The lowest BCUT2D eigenvalue weighted by molar-refractivity contribution is -0.0893. The minimum absolute atomic E-state index is 0.380. The van der Waals surface area contributed by atoms with Crippen LogP contribution < -0.4 is 5.32 Å². The van der Waals surface area contributed by atoms with E-state index in [9.17, 15) is 13.2 Å². The summed E-state index contributed by atoms with van der Waals surface area (Å²) < 4.78 is 39.0. The number of benzene rings is 2. The van der Waals surface area contributed by atoms with Crippen molar-refractivity contribution in [3.8, 4) is 0 Å². The molecule has 0 saturated carbocycles. The maximum atomic E-state index is 13.0. The van der Waals surface area contributed by atoms with Gasteiger partial charge in [0.1, 0.15) is 5.70 Å². The van der Waals surface area contributed by atoms with Gasteiger partial charge in [0.15, 0.2) is 0 Å². The van der Waals surface area contributed by atoms with Crippen molar-refractivity contribution in [2.45, 2.75) is 6.18 Å². The van der Waals surface area contributed by atoms with Gasteiger partial charge in [0.25, 0.3) is 0 Å². The molecule has 5 heteroatoms. The van der Waals surface area contributed by atoms with Gasteiger partial charge in [-0.1, -0.05) is 41.9 Å². The molecule has 0 saturated heterocycles. The molecule has 1 nitrogen and oxygen atoms in total. The van der Waals surface area contributed by atoms with Crippen molar-refractivity contribution in [2.75, 3.05) is 5.32 Å². The summed E-state index contributed by atoms with van der Waals surface area (Å²) in [4.78, 5) is 0. The molecule has 2 aromatic rings. The van der Waals surface area contributed by atoms with Gasteiger partial charge in [-0.3, -0.25) is 0 Å². The summed E-state index contributed by atoms with van der Waals surface area (Å²) in [5.74, 6) is 0. The number of anilines is 1. The zero-order valence-electron chi connectivity index (χ0n) is 10.3. The Labute approximate surface area is 119 Å². The quantitative estimate of drug-likeness (QED) is 0.804. The fourth-order valence-corrected chi connectivity index (χ4v) is 1.72. The maximum absolute atomic E-state index is 13.0. The lowest BCUT2D eigenvalue weighted by atomic mass is 10.2. The Hall–Kier alpha value is -1.94. The monoisotopic (exact) mass is 297 g/mol. The molecular formula is C15H11ClF3N. The summed E-state index contributed by atoms with van der Waals surface area (Å²) >= 11 is 5.71. The molecule has 0 radical (unpaired) electrons. The average molecular weight is 298 g/mol. The van der Waals surface area contributed by atoms with E-state index in [4.69, 9.17) is 11.6 Å². The molecule has 0 bridgehead atoms. The van der Waals surface area contributed by atoms with Gasteiger partial charge in [-0.25, -0.2) is 0 Å². The second-order valence-electron chi connectivity index (χ2n) is 4.10. The number of allylic oxidation sites excluding steroid dienone is 1. The molecule has 0 aromatic heterocycles. The van der Waals surface area contributed by atoms with Crippen molar-refractivity contribution >= 4 is 23.4 Å². The van der Waals surface area contributed by atoms with Gasteiger partial charge in [-0.2, -0.15) is 13.2 Å². The Kier molecular flexibility index (Phi) is 4.35. The largest absolute Gasteiger partial charge is 0.431 e. The summed E-state index contributed by atoms with van der Waals surface area (Å²) in [6, 6.07) is 14.4. The average Bonchev–Trinajstić information content (AvgIpc) is 2.40. The lowest BCUT2D eigenvalue weighted by Crippen LogP contribution is -2.18. The minimum atomic E-state index is -4.46. The van der Waals surface area contributed by atoms with Crippen LogP contribution in [0.4, 0.5) is 18.9 Å². The molecule has 0 aliphatic rings. The van der Waals surface area contributed by atoms with E-state index in [1.54, 1.807) is 42.5 Å². The topological polar surface area (TPSA) is 12.0 Å². The van der Waals surface area contributed by atoms with E-state index in [0.29, 0.717) is 16.3 Å². The van der Waals surface area contributed by atoms with Crippen LogP contribution in [0.15, 0.2) is 60.3 Å². The molecule has 104 valence electrons. The number of nitrogens with one attached hydrogen (secondary N) is 1. The Morgan fingerprint density at radius 1 is 0.950 bits per heavy atom. The lowest BCUT2D eigenvalue weighted by Gasteiger charge is -2.14. The predicted molar refractivity (Wildman–Crippen MR) is 75.5 cm³/mol. The first-order valence-electron chi connectivity index (χ1n) is 5.82. The van der Waals surface area contributed by atoms with Gasteiger partial charge in [0.2, 0.25) is 0 Å². The third-order valence-electron chi connectivity index (χ3n) is 2.54. The molecule has 0 amide bonds. The van der Waals surface area contributed by atoms with Crippen molar-refractivity contribution in [3.05, 3.63) is 70.9 Å². The third kappa shape index (κ3) is 4.03. The van der Waals surface area contributed by atoms with E-state index in [1.165, 1.54) is 12.1 Å². The van der Waals surface area contributed by atoms with E-state index in [-0.39, 0.29) is 0 Å². The number of alkyl halides is 3. The van der Waals surface area contributed by atoms with Crippen molar-refractivity contribution in [1.82, 2.24) is 0 Å². The van der Waals surface area contributed by atoms with Crippen LogP contribution in [-0.2, 0) is 0 Å². The Morgan fingerprint density at radius 2 is 1.55 bits per heavy atom. The van der Waals surface area contributed by atoms with Crippen molar-refractivity contribution in [1.29, 1.82) is 0 Å². The van der Waals surface area contributed by atoms with Crippen LogP contribution in [0, 0.1) is 0 Å². The highest BCUT2D eigenvalue weighted by molar-refractivity contribution is 6.30. The molecule has 0 atom stereocenters. The van der Waals surface area contributed by atoms with Crippen LogP contribution in [0.1, 0.15) is 5.56 Å². The van der Waals surface area contributed by atoms with Crippen LogP contribution in [0.5, 0.6) is 0 Å². The molecule has 20 heavy (non-hydrogen) atoms. The van der Waals surface area contributed by atoms with Crippen LogP contribution in [-0.4, -0.2) is 6.18 Å². The van der Waals surface area contributed by atoms with Crippen LogP contribution in [0.25, 0.3) is 6.08 Å². The molecule has 2 aromatic carbocycles. The van der Waals surface area contributed by atoms with Gasteiger partial charge in [0.05, 0.1) is 0 Å². The van der Waals surface area contributed by atoms with Crippen LogP contribution in [0.2, 0.25) is 5.02 Å². The van der Waals surface area contributed by atoms with E-state index >= 15 is 0 Å². The second kappa shape index (κ2) is 6.01. The standard InChI is InChI=1S/C15H11ClF3N/c16-12-8-6-11(7-9-12)10-14(15(17,18)19)20-13-4-2-1-3-5-13/h1-10,20H. The number of hydrogen-bond donors (Lipinski definition) is 1. The molecule has 0 fully saturated rings. The molecule has 0 spiro atoms. The number of halogens is 4. The van der Waals surface area contributed by atoms with Gasteiger partial charge in [-0.05, 0) is 35.9 Å². The van der Waals surface area contributed by atoms with Gasteiger partial charge in [-0.15, -0.1) is 0 Å². The maximum Gasteiger partial charge on any atom is 0.431 e. The normalized spacial score (nSPS) is 12.3. The van der Waals surface area contributed by atoms with Gasteiger partial charge >= 0.3 is 6.18 Å². The second-order valence-corrected chi connectivity index (χ2v) is 4.53. The first-order valence-corrected chi connectivity index (χ1v) is 6.19. The summed E-state index contributed by atoms with van der Waals surface area (Å²) in [6.45, 7) is 0. The smallest absolute Gasteiger partial charge is 0.352 e. The van der Waals surface area contributed by atoms with E-state index < -0.39 is 11.9 Å². The first kappa shape index (κ1) is 14.5. The third-order valence-corrected chi connectivity index (χ3v) is 2.79. The Bertz CT molecular complexity index is 589. The summed E-state index contributed by atoms with van der Waals surface area (Å²) in [6.07, 6.45) is -3.42. The highest BCUT2D eigenvalue weighted by Gasteiger charge is 2.33. The van der Waals surface area contributed by atoms with Crippen molar-refractivity contribution < 1.29 is 13.2 Å². The van der Waals surface area contributed by atoms with E-state index in [0.717, 1.165) is 6.08 Å². The highest BCUT2D eigenvalue weighted by Crippen LogP contribution is 2.29. The first-order chi connectivity index (χ1) is 9.45. The number of rotatable bonds is 3. The zero-order chi connectivity index (χ0) is 14.6. The predicted octanol–water partition coefficient (Wildman–Crippen LogP) is 5.36. The summed E-state index contributed by atoms with van der Waals surface area (Å²) in [5.41, 5.74) is -0.0267. The SMILES string of the molecule is FC(F)(F)C(=Cc1ccc(Cl)cc1)Nc1ccccc1. The summed E-state index contributed by atoms with van der Waals surface area (Å²) in [7, 11) is 0. The fourth-order valence-electron chi connectivity index (χ4n) is 1.59. The number of hydrogen-bond acceptors (Lipinski definition) is 1. The molecule has 0 heterocycles. The zero-order valence-corrected chi connectivity index (χ0v) is 11.0. The minimum Gasteiger partial charge on any atom is -0.352 e. The van der Waals surface area contributed by atoms with Gasteiger partial charge in [0, 0.05) is 10.7 Å². The Morgan fingerprint density at radius 3 is 2.10 bits per heavy atom. The summed E-state index contributed by atoms with van der Waals surface area (Å²) in [5, 5.41) is 2.86. The van der Waals surface area contributed by atoms with E-state index in [1.807, 2.05) is 0 Å². The van der Waals surface area contributed by atoms with E-state index in [2.05, 4.69) is 5.32 Å². The van der Waals surface area contributed by atoms with Crippen LogP contribution in [0.3, 0.4) is 0 Å². The number of para-hydroxylation sites is 1. The fraction of sp³-hybridized carbons (Fsp3) is 0.0667. The molecule has 0 unspecified atom stereocenters.